The van der Waals surface area contributed by atoms with Crippen molar-refractivity contribution in [3.05, 3.63) is 77.9 Å². The van der Waals surface area contributed by atoms with Crippen LogP contribution in [-0.2, 0) is 14.4 Å². The highest BCUT2D eigenvalue weighted by Crippen LogP contribution is 2.52. The van der Waals surface area contributed by atoms with E-state index in [1.54, 1.807) is 26.0 Å². The number of benzene rings is 3. The number of nitrogens with zero attached hydrogens (tertiary/aromatic N) is 1. The van der Waals surface area contributed by atoms with E-state index in [2.05, 4.69) is 5.32 Å². The van der Waals surface area contributed by atoms with Gasteiger partial charge in [0.2, 0.25) is 11.8 Å². The van der Waals surface area contributed by atoms with Crippen LogP contribution in [0.2, 0.25) is 0 Å². The van der Waals surface area contributed by atoms with Crippen LogP contribution in [0.1, 0.15) is 31.0 Å². The van der Waals surface area contributed by atoms with E-state index >= 15 is 0 Å². The largest absolute Gasteiger partial charge is 0.480 e. The molecule has 0 saturated carbocycles. The van der Waals surface area contributed by atoms with Crippen molar-refractivity contribution in [2.45, 2.75) is 32.4 Å². The first kappa shape index (κ1) is 21.3. The molecule has 4 unspecified atom stereocenters. The highest BCUT2D eigenvalue weighted by Gasteiger charge is 2.69. The molecule has 6 nitrogen and oxygen atoms in total. The number of carboxylic acids is 1. The Balaban J connectivity index is 1.69. The predicted molar refractivity (Wildman–Crippen MR) is 126 cm³/mol. The maximum atomic E-state index is 13.8. The number of anilines is 1. The molecule has 2 amide bonds. The first-order chi connectivity index (χ1) is 15.8. The van der Waals surface area contributed by atoms with Crippen molar-refractivity contribution in [1.82, 2.24) is 5.32 Å². The van der Waals surface area contributed by atoms with Gasteiger partial charge in [-0.2, -0.15) is 0 Å². The van der Waals surface area contributed by atoms with Gasteiger partial charge < -0.3 is 5.11 Å². The molecule has 4 atom stereocenters. The molecule has 6 heteroatoms. The number of carboxylic acid groups (broad SMARTS) is 1. The minimum absolute atomic E-state index is 0.353. The van der Waals surface area contributed by atoms with Crippen LogP contribution in [0.3, 0.4) is 0 Å². The molecule has 3 aromatic carbocycles. The molecule has 2 heterocycles. The number of imide groups is 1. The van der Waals surface area contributed by atoms with E-state index in [4.69, 9.17) is 0 Å². The molecule has 2 saturated heterocycles. The van der Waals surface area contributed by atoms with Crippen LogP contribution in [0.4, 0.5) is 5.69 Å². The van der Waals surface area contributed by atoms with E-state index in [9.17, 15) is 19.5 Å². The molecule has 0 aliphatic carbocycles. The zero-order valence-electron chi connectivity index (χ0n) is 18.8. The Morgan fingerprint density at radius 1 is 0.970 bits per heavy atom. The summed E-state index contributed by atoms with van der Waals surface area (Å²) in [5, 5.41) is 15.7. The van der Waals surface area contributed by atoms with Crippen LogP contribution >= 0.6 is 0 Å². The Morgan fingerprint density at radius 3 is 2.30 bits per heavy atom. The van der Waals surface area contributed by atoms with E-state index in [1.807, 2.05) is 61.5 Å². The summed E-state index contributed by atoms with van der Waals surface area (Å²) < 4.78 is 0. The van der Waals surface area contributed by atoms with Crippen molar-refractivity contribution in [1.29, 1.82) is 0 Å². The summed E-state index contributed by atoms with van der Waals surface area (Å²) >= 11 is 0. The summed E-state index contributed by atoms with van der Waals surface area (Å²) in [6.45, 7) is 5.42. The third kappa shape index (κ3) is 2.94. The molecular weight excluding hydrogens is 416 g/mol. The Kier molecular flexibility index (Phi) is 4.87. The summed E-state index contributed by atoms with van der Waals surface area (Å²) in [4.78, 5) is 41.5. The summed E-state index contributed by atoms with van der Waals surface area (Å²) in [5.41, 5.74) is 0.563. The van der Waals surface area contributed by atoms with E-state index in [-0.39, 0.29) is 5.91 Å². The van der Waals surface area contributed by atoms with Gasteiger partial charge >= 0.3 is 5.97 Å². The second-order valence-electron chi connectivity index (χ2n) is 9.36. The number of aliphatic carboxylic acids is 1. The van der Waals surface area contributed by atoms with Gasteiger partial charge in [-0.1, -0.05) is 68.4 Å². The first-order valence-electron chi connectivity index (χ1n) is 11.2. The van der Waals surface area contributed by atoms with Crippen LogP contribution in [0, 0.1) is 24.7 Å². The van der Waals surface area contributed by atoms with Crippen molar-refractivity contribution >= 4 is 34.2 Å². The van der Waals surface area contributed by atoms with Gasteiger partial charge in [-0.05, 0) is 46.9 Å². The number of rotatable bonds is 4. The van der Waals surface area contributed by atoms with Gasteiger partial charge in [-0.25, -0.2) is 4.90 Å². The second-order valence-corrected chi connectivity index (χ2v) is 9.36. The van der Waals surface area contributed by atoms with E-state index in [0.29, 0.717) is 5.69 Å². The summed E-state index contributed by atoms with van der Waals surface area (Å²) in [7, 11) is 0. The molecular formula is C27H26N2O4. The zero-order chi connectivity index (χ0) is 23.5. The first-order valence-corrected chi connectivity index (χ1v) is 11.2. The van der Waals surface area contributed by atoms with Crippen molar-refractivity contribution in [2.24, 2.45) is 17.8 Å². The van der Waals surface area contributed by atoms with Crippen molar-refractivity contribution < 1.29 is 19.5 Å². The molecule has 168 valence electrons. The smallest absolute Gasteiger partial charge is 0.325 e. The van der Waals surface area contributed by atoms with Crippen molar-refractivity contribution in [2.75, 3.05) is 4.90 Å². The minimum atomic E-state index is -1.55. The minimum Gasteiger partial charge on any atom is -0.480 e. The number of carbonyl (C=O) groups is 3. The third-order valence-corrected chi connectivity index (χ3v) is 7.35. The molecule has 0 bridgehead atoms. The monoisotopic (exact) mass is 442 g/mol. The standard InChI is InChI=1S/C27H26N2O4/c1-15(2)27(26(32)33)22-21(24(30)29(25(22)31)20-11-7-4-8-16(20)3)23(28-27)19-13-12-17-9-5-6-10-18(17)14-19/h4-15,21-23,28H,1-3H3,(H,32,33). The topological polar surface area (TPSA) is 86.7 Å². The van der Waals surface area contributed by atoms with Crippen LogP contribution in [-0.4, -0.2) is 28.4 Å². The zero-order valence-corrected chi connectivity index (χ0v) is 18.8. The maximum absolute atomic E-state index is 13.8. The maximum Gasteiger partial charge on any atom is 0.325 e. The van der Waals surface area contributed by atoms with Crippen molar-refractivity contribution in [3.8, 4) is 0 Å². The molecule has 33 heavy (non-hydrogen) atoms. The van der Waals surface area contributed by atoms with Gasteiger partial charge in [0.15, 0.2) is 0 Å². The molecule has 5 rings (SSSR count). The van der Waals surface area contributed by atoms with Gasteiger partial charge in [0.05, 0.1) is 17.5 Å². The number of hydrogen-bond donors (Lipinski definition) is 2. The lowest BCUT2D eigenvalue weighted by Crippen LogP contribution is -2.59. The Morgan fingerprint density at radius 2 is 1.64 bits per heavy atom. The number of para-hydroxylation sites is 1. The number of hydrogen-bond acceptors (Lipinski definition) is 4. The van der Waals surface area contributed by atoms with Crippen LogP contribution in [0.5, 0.6) is 0 Å². The molecule has 3 aromatic rings. The third-order valence-electron chi connectivity index (χ3n) is 7.35. The fourth-order valence-electron chi connectivity index (χ4n) is 5.65. The van der Waals surface area contributed by atoms with Crippen LogP contribution in [0.15, 0.2) is 66.7 Å². The summed E-state index contributed by atoms with van der Waals surface area (Å²) in [6.07, 6.45) is 0. The molecule has 0 radical (unpaired) electrons. The number of aryl methyl sites for hydroxylation is 1. The second kappa shape index (κ2) is 7.52. The predicted octanol–water partition coefficient (Wildman–Crippen LogP) is 4.08. The fourth-order valence-corrected chi connectivity index (χ4v) is 5.65. The molecule has 2 aliphatic rings. The van der Waals surface area contributed by atoms with Gasteiger partial charge in [0, 0.05) is 6.04 Å². The van der Waals surface area contributed by atoms with Gasteiger partial charge in [0.1, 0.15) is 5.54 Å². The highest BCUT2D eigenvalue weighted by molar-refractivity contribution is 6.24. The Bertz CT molecular complexity index is 1300. The highest BCUT2D eigenvalue weighted by atomic mass is 16.4. The molecule has 0 spiro atoms. The average molecular weight is 443 g/mol. The molecule has 2 N–H and O–H groups in total. The lowest BCUT2D eigenvalue weighted by atomic mass is 9.73. The molecule has 2 fully saturated rings. The van der Waals surface area contributed by atoms with Gasteiger partial charge in [0.25, 0.3) is 0 Å². The number of fused-ring (bicyclic) bond motifs is 2. The summed E-state index contributed by atoms with van der Waals surface area (Å²) in [6, 6.07) is 20.4. The summed E-state index contributed by atoms with van der Waals surface area (Å²) in [5.74, 6) is -4.14. The van der Waals surface area contributed by atoms with Crippen LogP contribution in [0.25, 0.3) is 10.8 Å². The normalized spacial score (nSPS) is 26.9. The Labute approximate surface area is 192 Å². The number of carbonyl (C=O) groups excluding carboxylic acids is 2. The van der Waals surface area contributed by atoms with E-state index in [1.165, 1.54) is 4.90 Å². The Hall–Kier alpha value is -3.51. The fraction of sp³-hybridized carbons (Fsp3) is 0.296. The number of amides is 2. The van der Waals surface area contributed by atoms with Crippen LogP contribution < -0.4 is 10.2 Å². The van der Waals surface area contributed by atoms with Crippen molar-refractivity contribution in [3.63, 3.8) is 0 Å². The van der Waals surface area contributed by atoms with Gasteiger partial charge in [-0.15, -0.1) is 0 Å². The van der Waals surface area contributed by atoms with E-state index in [0.717, 1.165) is 21.9 Å². The SMILES string of the molecule is Cc1ccccc1N1C(=O)C2C(c3ccc4ccccc4c3)NC(C(=O)O)(C(C)C)C2C1=O. The van der Waals surface area contributed by atoms with E-state index < -0.39 is 41.2 Å². The number of nitrogens with one attached hydrogen (secondary N) is 1. The lowest BCUT2D eigenvalue weighted by Gasteiger charge is -2.34. The molecule has 0 aromatic heterocycles. The average Bonchev–Trinajstić information content (AvgIpc) is 3.29. The van der Waals surface area contributed by atoms with Gasteiger partial charge in [-0.3, -0.25) is 19.7 Å². The molecule has 2 aliphatic heterocycles. The lowest BCUT2D eigenvalue weighted by molar-refractivity contribution is -0.151. The quantitative estimate of drug-likeness (QED) is 0.595.